The molecule has 2 rings (SSSR count). The van der Waals surface area contributed by atoms with Crippen molar-refractivity contribution < 1.29 is 19.4 Å². The van der Waals surface area contributed by atoms with Gasteiger partial charge in [0, 0.05) is 6.61 Å². The number of ether oxygens (including phenoxy) is 1. The molecular formula is C11H17NO4. The van der Waals surface area contributed by atoms with Crippen LogP contribution in [0.2, 0.25) is 0 Å². The molecule has 0 aromatic heterocycles. The second kappa shape index (κ2) is 3.73. The Morgan fingerprint density at radius 3 is 2.56 bits per heavy atom. The van der Waals surface area contributed by atoms with Crippen LogP contribution in [0.5, 0.6) is 0 Å². The molecule has 1 saturated heterocycles. The number of amides is 1. The third kappa shape index (κ3) is 1.91. The summed E-state index contributed by atoms with van der Waals surface area (Å²) in [6, 6.07) is 0. The first-order valence-corrected chi connectivity index (χ1v) is 5.60. The molecule has 0 aromatic rings. The van der Waals surface area contributed by atoms with Gasteiger partial charge in [-0.25, -0.2) is 0 Å². The van der Waals surface area contributed by atoms with Gasteiger partial charge in [0.05, 0.1) is 23.5 Å². The third-order valence-corrected chi connectivity index (χ3v) is 3.74. The smallest absolute Gasteiger partial charge is 0.307 e. The molecule has 2 unspecified atom stereocenters. The molecular weight excluding hydrogens is 210 g/mol. The Labute approximate surface area is 94.2 Å². The van der Waals surface area contributed by atoms with E-state index in [1.54, 1.807) is 0 Å². The maximum Gasteiger partial charge on any atom is 0.307 e. The van der Waals surface area contributed by atoms with Crippen molar-refractivity contribution in [1.82, 2.24) is 5.32 Å². The Balaban J connectivity index is 1.91. The van der Waals surface area contributed by atoms with Gasteiger partial charge in [-0.15, -0.1) is 0 Å². The highest BCUT2D eigenvalue weighted by Crippen LogP contribution is 2.39. The quantitative estimate of drug-likeness (QED) is 0.731. The average molecular weight is 227 g/mol. The maximum atomic E-state index is 11.8. The van der Waals surface area contributed by atoms with E-state index in [-0.39, 0.29) is 23.5 Å². The molecule has 4 atom stereocenters. The highest BCUT2D eigenvalue weighted by Gasteiger charge is 2.50. The molecule has 1 amide bonds. The molecule has 0 aromatic carbocycles. The van der Waals surface area contributed by atoms with Gasteiger partial charge in [-0.2, -0.15) is 0 Å². The summed E-state index contributed by atoms with van der Waals surface area (Å²) in [6.45, 7) is 4.51. The molecule has 2 N–H and O–H groups in total. The number of hydrogen-bond donors (Lipinski definition) is 2. The van der Waals surface area contributed by atoms with Crippen LogP contribution in [0, 0.1) is 11.8 Å². The number of carbonyl (C=O) groups is 2. The molecule has 2 fully saturated rings. The Kier molecular flexibility index (Phi) is 2.66. The summed E-state index contributed by atoms with van der Waals surface area (Å²) in [5.41, 5.74) is -0.345. The van der Waals surface area contributed by atoms with Crippen molar-refractivity contribution in [1.29, 1.82) is 0 Å². The largest absolute Gasteiger partial charge is 0.481 e. The molecule has 16 heavy (non-hydrogen) atoms. The van der Waals surface area contributed by atoms with E-state index in [1.807, 2.05) is 13.8 Å². The Bertz CT molecular complexity index is 330. The van der Waals surface area contributed by atoms with E-state index < -0.39 is 11.9 Å². The number of nitrogens with one attached hydrogen (secondary N) is 1. The summed E-state index contributed by atoms with van der Waals surface area (Å²) in [7, 11) is 0. The number of carbonyl (C=O) groups excluding carboxylic acids is 1. The Morgan fingerprint density at radius 1 is 1.44 bits per heavy atom. The molecule has 5 nitrogen and oxygen atoms in total. The van der Waals surface area contributed by atoms with E-state index in [9.17, 15) is 9.59 Å². The van der Waals surface area contributed by atoms with Gasteiger partial charge in [0.2, 0.25) is 5.91 Å². The first-order chi connectivity index (χ1) is 7.44. The van der Waals surface area contributed by atoms with E-state index in [4.69, 9.17) is 9.84 Å². The van der Waals surface area contributed by atoms with E-state index >= 15 is 0 Å². The van der Waals surface area contributed by atoms with E-state index in [0.29, 0.717) is 13.0 Å². The molecule has 1 heterocycles. The molecule has 2 aliphatic rings. The van der Waals surface area contributed by atoms with Gasteiger partial charge >= 0.3 is 5.97 Å². The zero-order chi connectivity index (χ0) is 11.9. The summed E-state index contributed by atoms with van der Waals surface area (Å²) in [5.74, 6) is -1.85. The number of aliphatic carboxylic acids is 1. The third-order valence-electron chi connectivity index (χ3n) is 3.74. The van der Waals surface area contributed by atoms with Crippen LogP contribution in [0.15, 0.2) is 0 Å². The summed E-state index contributed by atoms with van der Waals surface area (Å²) < 4.78 is 5.41. The minimum Gasteiger partial charge on any atom is -0.481 e. The monoisotopic (exact) mass is 227 g/mol. The van der Waals surface area contributed by atoms with Crippen molar-refractivity contribution in [2.75, 3.05) is 6.61 Å². The summed E-state index contributed by atoms with van der Waals surface area (Å²) in [5, 5.41) is 11.7. The lowest BCUT2D eigenvalue weighted by atomic mass is 9.94. The van der Waals surface area contributed by atoms with Crippen LogP contribution in [0.3, 0.4) is 0 Å². The van der Waals surface area contributed by atoms with Gasteiger partial charge in [-0.05, 0) is 26.7 Å². The minimum absolute atomic E-state index is 0.0153. The highest BCUT2D eigenvalue weighted by molar-refractivity contribution is 5.89. The molecule has 0 spiro atoms. The van der Waals surface area contributed by atoms with Crippen molar-refractivity contribution >= 4 is 11.9 Å². The predicted octanol–water partition coefficient (Wildman–Crippen LogP) is 0.391. The van der Waals surface area contributed by atoms with Crippen molar-refractivity contribution in [3.05, 3.63) is 0 Å². The fourth-order valence-electron chi connectivity index (χ4n) is 2.13. The van der Waals surface area contributed by atoms with Crippen molar-refractivity contribution in [3.8, 4) is 0 Å². The number of carboxylic acids is 1. The topological polar surface area (TPSA) is 75.6 Å². The maximum absolute atomic E-state index is 11.8. The summed E-state index contributed by atoms with van der Waals surface area (Å²) in [4.78, 5) is 22.5. The Hall–Kier alpha value is -1.10. The molecule has 1 saturated carbocycles. The number of carboxylic acid groups (broad SMARTS) is 1. The van der Waals surface area contributed by atoms with Gasteiger partial charge < -0.3 is 15.2 Å². The van der Waals surface area contributed by atoms with Crippen LogP contribution in [-0.4, -0.2) is 35.2 Å². The number of hydrogen-bond acceptors (Lipinski definition) is 3. The van der Waals surface area contributed by atoms with Crippen LogP contribution >= 0.6 is 0 Å². The van der Waals surface area contributed by atoms with Gasteiger partial charge in [0.15, 0.2) is 0 Å². The lowest BCUT2D eigenvalue weighted by molar-refractivity contribution is -0.140. The first kappa shape index (κ1) is 11.4. The summed E-state index contributed by atoms with van der Waals surface area (Å²) >= 11 is 0. The lowest BCUT2D eigenvalue weighted by Crippen LogP contribution is -2.51. The zero-order valence-corrected chi connectivity index (χ0v) is 9.53. The van der Waals surface area contributed by atoms with Crippen LogP contribution in [0.1, 0.15) is 26.7 Å². The molecule has 5 heteroatoms. The van der Waals surface area contributed by atoms with Crippen LogP contribution in [-0.2, 0) is 14.3 Å². The summed E-state index contributed by atoms with van der Waals surface area (Å²) in [6.07, 6.45) is 1.23. The van der Waals surface area contributed by atoms with Crippen LogP contribution in [0.4, 0.5) is 0 Å². The van der Waals surface area contributed by atoms with E-state index in [2.05, 4.69) is 5.32 Å². The van der Waals surface area contributed by atoms with Crippen molar-refractivity contribution in [2.45, 2.75) is 38.3 Å². The fraction of sp³-hybridized carbons (Fsp3) is 0.818. The average Bonchev–Trinajstić information content (AvgIpc) is 2.91. The molecule has 0 radical (unpaired) electrons. The molecule has 0 bridgehead atoms. The SMILES string of the molecule is CC1OCCC1(C)NC(=O)[C@@H]1C[C@@H]1C(=O)O. The molecule has 90 valence electrons. The van der Waals surface area contributed by atoms with Gasteiger partial charge in [0.1, 0.15) is 0 Å². The van der Waals surface area contributed by atoms with Crippen molar-refractivity contribution in [2.24, 2.45) is 11.8 Å². The number of rotatable bonds is 3. The molecule has 1 aliphatic carbocycles. The van der Waals surface area contributed by atoms with Gasteiger partial charge in [-0.3, -0.25) is 9.59 Å². The molecule has 1 aliphatic heterocycles. The Morgan fingerprint density at radius 2 is 2.12 bits per heavy atom. The second-order valence-electron chi connectivity index (χ2n) is 4.96. The van der Waals surface area contributed by atoms with Crippen LogP contribution in [0.25, 0.3) is 0 Å². The first-order valence-electron chi connectivity index (χ1n) is 5.60. The van der Waals surface area contributed by atoms with Gasteiger partial charge in [0.25, 0.3) is 0 Å². The highest BCUT2D eigenvalue weighted by atomic mass is 16.5. The fourth-order valence-corrected chi connectivity index (χ4v) is 2.13. The standard InChI is InChI=1S/C11H17NO4/c1-6-11(2,3-4-16-6)12-9(13)7-5-8(7)10(14)15/h6-8H,3-5H2,1-2H3,(H,12,13)(H,14,15)/t6?,7-,8+,11?/m1/s1. The zero-order valence-electron chi connectivity index (χ0n) is 9.53. The normalized spacial score (nSPS) is 41.8. The predicted molar refractivity (Wildman–Crippen MR) is 55.8 cm³/mol. The van der Waals surface area contributed by atoms with Crippen molar-refractivity contribution in [3.63, 3.8) is 0 Å². The minimum atomic E-state index is -0.874. The van der Waals surface area contributed by atoms with Crippen LogP contribution < -0.4 is 5.32 Å². The van der Waals surface area contributed by atoms with Gasteiger partial charge in [-0.1, -0.05) is 0 Å². The second-order valence-corrected chi connectivity index (χ2v) is 4.96. The lowest BCUT2D eigenvalue weighted by Gasteiger charge is -2.28. The van der Waals surface area contributed by atoms with E-state index in [1.165, 1.54) is 0 Å². The van der Waals surface area contributed by atoms with E-state index in [0.717, 1.165) is 6.42 Å².